The van der Waals surface area contributed by atoms with Gasteiger partial charge in [0.25, 0.3) is 0 Å². The Morgan fingerprint density at radius 1 is 1.21 bits per heavy atom. The number of furan rings is 1. The Kier molecular flexibility index (Phi) is 6.57. The van der Waals surface area contributed by atoms with Crippen LogP contribution in [0.25, 0.3) is 0 Å². The predicted octanol–water partition coefficient (Wildman–Crippen LogP) is 4.90. The van der Waals surface area contributed by atoms with Gasteiger partial charge in [-0.25, -0.2) is 5.43 Å². The lowest BCUT2D eigenvalue weighted by Crippen LogP contribution is -2.16. The standard InChI is InChI=1S/C22H21ClN2O4/c1-14-9-18(10-15(2)21(14)23)29-13-17-11-16(6-7-19(17)27-3)12-24-25-22(26)20-5-4-8-28-20/h4-12H,13H2,1-3H3,(H,25,26). The third-order valence-electron chi connectivity index (χ3n) is 4.23. The Bertz CT molecular complexity index is 1010. The third-order valence-corrected chi connectivity index (χ3v) is 4.83. The topological polar surface area (TPSA) is 73.1 Å². The van der Waals surface area contributed by atoms with E-state index in [4.69, 9.17) is 25.5 Å². The summed E-state index contributed by atoms with van der Waals surface area (Å²) < 4.78 is 16.4. The highest BCUT2D eigenvalue weighted by molar-refractivity contribution is 6.32. The largest absolute Gasteiger partial charge is 0.496 e. The number of aryl methyl sites for hydroxylation is 2. The molecule has 150 valence electrons. The predicted molar refractivity (Wildman–Crippen MR) is 112 cm³/mol. The van der Waals surface area contributed by atoms with Crippen molar-refractivity contribution in [3.63, 3.8) is 0 Å². The number of amides is 1. The van der Waals surface area contributed by atoms with Crippen LogP contribution in [0, 0.1) is 13.8 Å². The lowest BCUT2D eigenvalue weighted by atomic mass is 10.1. The van der Waals surface area contributed by atoms with Crippen molar-refractivity contribution >= 4 is 23.7 Å². The molecule has 0 fully saturated rings. The number of methoxy groups -OCH3 is 1. The average Bonchev–Trinajstić information content (AvgIpc) is 3.25. The third kappa shape index (κ3) is 5.18. The van der Waals surface area contributed by atoms with E-state index in [2.05, 4.69) is 10.5 Å². The summed E-state index contributed by atoms with van der Waals surface area (Å²) in [6.45, 7) is 4.19. The number of carbonyl (C=O) groups excluding carboxylic acids is 1. The van der Waals surface area contributed by atoms with E-state index in [0.717, 1.165) is 33.0 Å². The fourth-order valence-corrected chi connectivity index (χ4v) is 2.88. The van der Waals surface area contributed by atoms with Gasteiger partial charge < -0.3 is 13.9 Å². The van der Waals surface area contributed by atoms with Crippen molar-refractivity contribution in [2.24, 2.45) is 5.10 Å². The molecule has 0 atom stereocenters. The second-order valence-electron chi connectivity index (χ2n) is 6.41. The van der Waals surface area contributed by atoms with Crippen molar-refractivity contribution in [3.05, 3.63) is 81.8 Å². The van der Waals surface area contributed by atoms with E-state index in [1.54, 1.807) is 25.5 Å². The van der Waals surface area contributed by atoms with Gasteiger partial charge in [-0.1, -0.05) is 11.6 Å². The maximum atomic E-state index is 11.8. The average molecular weight is 413 g/mol. The molecule has 29 heavy (non-hydrogen) atoms. The van der Waals surface area contributed by atoms with Crippen LogP contribution in [0.1, 0.15) is 32.8 Å². The maximum absolute atomic E-state index is 11.8. The van der Waals surface area contributed by atoms with E-state index in [1.807, 2.05) is 44.2 Å². The minimum Gasteiger partial charge on any atom is -0.496 e. The molecule has 0 aliphatic heterocycles. The van der Waals surface area contributed by atoms with Crippen molar-refractivity contribution in [2.45, 2.75) is 20.5 Å². The van der Waals surface area contributed by atoms with Crippen LogP contribution in [0.2, 0.25) is 5.02 Å². The summed E-state index contributed by atoms with van der Waals surface area (Å²) in [5.41, 5.74) is 5.97. The first kappa shape index (κ1) is 20.5. The highest BCUT2D eigenvalue weighted by atomic mass is 35.5. The van der Waals surface area contributed by atoms with Crippen LogP contribution in [0.5, 0.6) is 11.5 Å². The number of rotatable bonds is 7. The quantitative estimate of drug-likeness (QED) is 0.442. The minimum absolute atomic E-state index is 0.194. The zero-order chi connectivity index (χ0) is 20.8. The summed E-state index contributed by atoms with van der Waals surface area (Å²) in [5, 5.41) is 4.70. The molecule has 3 aromatic rings. The van der Waals surface area contributed by atoms with Crippen molar-refractivity contribution in [1.82, 2.24) is 5.43 Å². The van der Waals surface area contributed by atoms with Crippen LogP contribution >= 0.6 is 11.6 Å². The van der Waals surface area contributed by atoms with Crippen LogP contribution in [0.15, 0.2) is 58.2 Å². The summed E-state index contributed by atoms with van der Waals surface area (Å²) >= 11 is 6.21. The van der Waals surface area contributed by atoms with Crippen LogP contribution in [0.4, 0.5) is 0 Å². The highest BCUT2D eigenvalue weighted by Crippen LogP contribution is 2.27. The molecule has 0 aliphatic carbocycles. The molecule has 0 spiro atoms. The summed E-state index contributed by atoms with van der Waals surface area (Å²) in [5.74, 6) is 1.21. The van der Waals surface area contributed by atoms with Crippen molar-refractivity contribution in [3.8, 4) is 11.5 Å². The number of nitrogens with one attached hydrogen (secondary N) is 1. The molecule has 6 nitrogen and oxygen atoms in total. The Labute approximate surface area is 174 Å². The number of halogens is 1. The first-order valence-corrected chi connectivity index (χ1v) is 9.29. The molecule has 1 heterocycles. The molecular weight excluding hydrogens is 392 g/mol. The number of hydrazone groups is 1. The van der Waals surface area contributed by atoms with Gasteiger partial charge in [-0.15, -0.1) is 0 Å². The SMILES string of the molecule is COc1ccc(C=NNC(=O)c2ccco2)cc1COc1cc(C)c(Cl)c(C)c1. The van der Waals surface area contributed by atoms with Gasteiger partial charge in [0.2, 0.25) is 0 Å². The highest BCUT2D eigenvalue weighted by Gasteiger charge is 2.09. The Balaban J connectivity index is 1.70. The number of benzene rings is 2. The van der Waals surface area contributed by atoms with Gasteiger partial charge in [0.15, 0.2) is 5.76 Å². The molecule has 7 heteroatoms. The second kappa shape index (κ2) is 9.30. The number of hydrogen-bond acceptors (Lipinski definition) is 5. The number of ether oxygens (including phenoxy) is 2. The van der Waals surface area contributed by atoms with Crippen molar-refractivity contribution in [1.29, 1.82) is 0 Å². The summed E-state index contributed by atoms with van der Waals surface area (Å²) in [6.07, 6.45) is 2.97. The Morgan fingerprint density at radius 3 is 2.62 bits per heavy atom. The number of nitrogens with zero attached hydrogens (tertiary/aromatic N) is 1. The second-order valence-corrected chi connectivity index (χ2v) is 6.79. The van der Waals surface area contributed by atoms with Gasteiger partial charge in [-0.3, -0.25) is 4.79 Å². The number of carbonyl (C=O) groups is 1. The van der Waals surface area contributed by atoms with E-state index < -0.39 is 5.91 Å². The van der Waals surface area contributed by atoms with E-state index in [9.17, 15) is 4.79 Å². The fraction of sp³-hybridized carbons (Fsp3) is 0.182. The maximum Gasteiger partial charge on any atom is 0.307 e. The van der Waals surface area contributed by atoms with Crippen LogP contribution < -0.4 is 14.9 Å². The minimum atomic E-state index is -0.420. The molecule has 1 amide bonds. The smallest absolute Gasteiger partial charge is 0.307 e. The van der Waals surface area contributed by atoms with Gasteiger partial charge in [-0.2, -0.15) is 5.10 Å². The molecule has 0 bridgehead atoms. The first-order chi connectivity index (χ1) is 14.0. The molecule has 2 aromatic carbocycles. The lowest BCUT2D eigenvalue weighted by Gasteiger charge is -2.13. The lowest BCUT2D eigenvalue weighted by molar-refractivity contribution is 0.0927. The molecule has 3 rings (SSSR count). The van der Waals surface area contributed by atoms with E-state index in [-0.39, 0.29) is 5.76 Å². The van der Waals surface area contributed by atoms with Gasteiger partial charge >= 0.3 is 5.91 Å². The monoisotopic (exact) mass is 412 g/mol. The molecule has 0 aliphatic rings. The fourth-order valence-electron chi connectivity index (χ4n) is 2.77. The summed E-state index contributed by atoms with van der Waals surface area (Å²) in [6, 6.07) is 12.5. The van der Waals surface area contributed by atoms with Crippen molar-refractivity contribution < 1.29 is 18.7 Å². The van der Waals surface area contributed by atoms with Gasteiger partial charge in [0.1, 0.15) is 18.1 Å². The summed E-state index contributed by atoms with van der Waals surface area (Å²) in [4.78, 5) is 11.8. The molecule has 1 N–H and O–H groups in total. The summed E-state index contributed by atoms with van der Waals surface area (Å²) in [7, 11) is 1.60. The molecule has 0 unspecified atom stereocenters. The molecule has 0 radical (unpaired) electrons. The number of hydrogen-bond donors (Lipinski definition) is 1. The normalized spacial score (nSPS) is 10.9. The van der Waals surface area contributed by atoms with E-state index in [1.165, 1.54) is 6.26 Å². The van der Waals surface area contributed by atoms with E-state index >= 15 is 0 Å². The van der Waals surface area contributed by atoms with Gasteiger partial charge in [-0.05, 0) is 73.0 Å². The molecule has 0 saturated carbocycles. The Hall–Kier alpha value is -3.25. The molecule has 1 aromatic heterocycles. The van der Waals surface area contributed by atoms with Crippen LogP contribution in [0.3, 0.4) is 0 Å². The van der Waals surface area contributed by atoms with Gasteiger partial charge in [0.05, 0.1) is 19.6 Å². The zero-order valence-corrected chi connectivity index (χ0v) is 17.1. The van der Waals surface area contributed by atoms with Gasteiger partial charge in [0, 0.05) is 10.6 Å². The van der Waals surface area contributed by atoms with Crippen molar-refractivity contribution in [2.75, 3.05) is 7.11 Å². The molecule has 0 saturated heterocycles. The first-order valence-electron chi connectivity index (χ1n) is 8.91. The zero-order valence-electron chi connectivity index (χ0n) is 16.4. The van der Waals surface area contributed by atoms with Crippen LogP contribution in [-0.4, -0.2) is 19.2 Å². The van der Waals surface area contributed by atoms with E-state index in [0.29, 0.717) is 12.4 Å². The molecular formula is C22H21ClN2O4. The van der Waals surface area contributed by atoms with Crippen LogP contribution in [-0.2, 0) is 6.61 Å². The Morgan fingerprint density at radius 2 is 1.97 bits per heavy atom.